The molecule has 0 saturated carbocycles. The molecule has 0 bridgehead atoms. The van der Waals surface area contributed by atoms with E-state index in [1.165, 1.54) is 19.3 Å². The van der Waals surface area contributed by atoms with Gasteiger partial charge in [0.2, 0.25) is 0 Å². The van der Waals surface area contributed by atoms with Gasteiger partial charge in [-0.3, -0.25) is 14.2 Å². The van der Waals surface area contributed by atoms with Gasteiger partial charge in [-0.2, -0.15) is 0 Å². The number of hydrogen-bond donors (Lipinski definition) is 1. The number of nitrogens with zero attached hydrogens (tertiary/aromatic N) is 1. The summed E-state index contributed by atoms with van der Waals surface area (Å²) >= 11 is 0. The molecule has 1 N–H and O–H groups in total. The van der Waals surface area contributed by atoms with Gasteiger partial charge in [-0.25, -0.2) is 0 Å². The standard InChI is InChI=1S/C46H78NO9P/c1-6-8-10-11-12-13-14-15-16-17-22-25-28-31-34-38-46(50)56-44(42-55-57(51,52)54-40-39-47(3,4)5)41-53-45(49)37-33-30-27-24-21-19-18-20-23-26-29-32-36-43(48)35-9-7-2/h12-13,15-16,18-19,22-27,32,36,43-44,48H,6-11,14,17,20-21,28-31,33-35,37-42H2,1-5H3/b13-12-,16-15-,19-18-,25-22-,26-23-,27-24-,36-32-/t43-,44+/m0/s1. The number of ether oxygens (including phenoxy) is 2. The highest BCUT2D eigenvalue weighted by atomic mass is 31.2. The van der Waals surface area contributed by atoms with Crippen LogP contribution in [0.4, 0.5) is 0 Å². The van der Waals surface area contributed by atoms with E-state index in [-0.39, 0.29) is 32.2 Å². The summed E-state index contributed by atoms with van der Waals surface area (Å²) in [4.78, 5) is 37.5. The topological polar surface area (TPSA) is 131 Å². The fraction of sp³-hybridized carbons (Fsp3) is 0.652. The van der Waals surface area contributed by atoms with Crippen molar-refractivity contribution in [3.8, 4) is 0 Å². The van der Waals surface area contributed by atoms with E-state index >= 15 is 0 Å². The lowest BCUT2D eigenvalue weighted by Crippen LogP contribution is -2.37. The van der Waals surface area contributed by atoms with Gasteiger partial charge in [-0.15, -0.1) is 0 Å². The summed E-state index contributed by atoms with van der Waals surface area (Å²) < 4.78 is 33.7. The lowest BCUT2D eigenvalue weighted by Gasteiger charge is -2.28. The minimum absolute atomic E-state index is 0.0581. The highest BCUT2D eigenvalue weighted by Gasteiger charge is 2.21. The fourth-order valence-corrected chi connectivity index (χ4v) is 5.75. The molecule has 57 heavy (non-hydrogen) atoms. The third kappa shape index (κ3) is 41.1. The number of carbonyl (C=O) groups is 2. The van der Waals surface area contributed by atoms with E-state index in [0.29, 0.717) is 30.3 Å². The normalized spacial score (nSPS) is 15.0. The summed E-state index contributed by atoms with van der Waals surface area (Å²) in [7, 11) is 1.07. The van der Waals surface area contributed by atoms with Crippen LogP contribution < -0.4 is 4.89 Å². The van der Waals surface area contributed by atoms with E-state index in [4.69, 9.17) is 18.5 Å². The van der Waals surface area contributed by atoms with E-state index in [1.807, 2.05) is 45.4 Å². The van der Waals surface area contributed by atoms with Gasteiger partial charge in [0.25, 0.3) is 7.82 Å². The predicted octanol–water partition coefficient (Wildman–Crippen LogP) is 10.4. The number of phosphoric acid groups is 1. The maximum Gasteiger partial charge on any atom is 0.306 e. The third-order valence-corrected chi connectivity index (χ3v) is 9.42. The van der Waals surface area contributed by atoms with Crippen LogP contribution >= 0.6 is 7.82 Å². The van der Waals surface area contributed by atoms with Crippen molar-refractivity contribution < 1.29 is 47.2 Å². The molecular weight excluding hydrogens is 741 g/mol. The molecule has 10 nitrogen and oxygen atoms in total. The SMILES string of the molecule is CCCCC/C=C\C/C=C\C/C=C\CCCCC(=O)O[C@H](COC(=O)CCC/C=C\C/C=C\C/C=C\C/C=C\[C@@H](O)CCCC)COP(=O)([O-])OCC[N+](C)(C)C. The van der Waals surface area contributed by atoms with E-state index in [1.54, 1.807) is 0 Å². The van der Waals surface area contributed by atoms with Gasteiger partial charge >= 0.3 is 11.9 Å². The molecule has 11 heteroatoms. The van der Waals surface area contributed by atoms with Crippen molar-refractivity contribution in [3.05, 3.63) is 85.1 Å². The van der Waals surface area contributed by atoms with Crippen molar-refractivity contribution in [1.29, 1.82) is 0 Å². The van der Waals surface area contributed by atoms with Crippen LogP contribution in [0.5, 0.6) is 0 Å². The van der Waals surface area contributed by atoms with Crippen LogP contribution in [0.15, 0.2) is 85.1 Å². The van der Waals surface area contributed by atoms with Crippen LogP contribution in [0.25, 0.3) is 0 Å². The van der Waals surface area contributed by atoms with Crippen LogP contribution in [-0.4, -0.2) is 81.2 Å². The molecule has 0 amide bonds. The average Bonchev–Trinajstić information content (AvgIpc) is 3.16. The Balaban J connectivity index is 4.58. The van der Waals surface area contributed by atoms with Crippen LogP contribution in [0.3, 0.4) is 0 Å². The van der Waals surface area contributed by atoms with Gasteiger partial charge in [-0.05, 0) is 83.5 Å². The summed E-state index contributed by atoms with van der Waals surface area (Å²) in [5.41, 5.74) is 0. The molecule has 0 aliphatic heterocycles. The zero-order valence-electron chi connectivity index (χ0n) is 36.1. The average molecular weight is 820 g/mol. The Morgan fingerprint density at radius 1 is 0.632 bits per heavy atom. The Morgan fingerprint density at radius 3 is 1.67 bits per heavy atom. The third-order valence-electron chi connectivity index (χ3n) is 8.46. The molecule has 0 heterocycles. The monoisotopic (exact) mass is 820 g/mol. The molecule has 0 aliphatic rings. The van der Waals surface area contributed by atoms with Crippen molar-refractivity contribution >= 4 is 19.8 Å². The van der Waals surface area contributed by atoms with E-state index < -0.39 is 32.5 Å². The second-order valence-corrected chi connectivity index (χ2v) is 16.6. The van der Waals surface area contributed by atoms with Gasteiger partial charge in [0, 0.05) is 12.8 Å². The Bertz CT molecular complexity index is 1260. The molecule has 1 unspecified atom stereocenters. The number of carbonyl (C=O) groups excluding carboxylic acids is 2. The second-order valence-electron chi connectivity index (χ2n) is 15.2. The summed E-state index contributed by atoms with van der Waals surface area (Å²) in [5.74, 6) is -0.978. The number of aliphatic hydroxyl groups is 1. The summed E-state index contributed by atoms with van der Waals surface area (Å²) in [5, 5.41) is 9.82. The molecule has 0 rings (SSSR count). The molecule has 0 aromatic carbocycles. The molecule has 0 spiro atoms. The number of aliphatic hydroxyl groups excluding tert-OH is 1. The van der Waals surface area contributed by atoms with E-state index in [9.17, 15) is 24.2 Å². The summed E-state index contributed by atoms with van der Waals surface area (Å²) in [6.45, 7) is 3.89. The number of allylic oxidation sites excluding steroid dienone is 13. The number of phosphoric ester groups is 1. The number of hydrogen-bond acceptors (Lipinski definition) is 9. The molecule has 0 aromatic heterocycles. The van der Waals surface area contributed by atoms with Crippen LogP contribution in [-0.2, 0) is 32.7 Å². The van der Waals surface area contributed by atoms with Gasteiger partial charge < -0.3 is 33.0 Å². The molecule has 0 saturated heterocycles. The van der Waals surface area contributed by atoms with Gasteiger partial charge in [0.1, 0.15) is 19.8 Å². The number of likely N-dealkylation sites (N-methyl/N-ethyl adjacent to an activating group) is 1. The first-order valence-corrected chi connectivity index (χ1v) is 22.8. The minimum Gasteiger partial charge on any atom is -0.756 e. The lowest BCUT2D eigenvalue weighted by molar-refractivity contribution is -0.870. The van der Waals surface area contributed by atoms with Crippen molar-refractivity contribution in [3.63, 3.8) is 0 Å². The number of esters is 2. The fourth-order valence-electron chi connectivity index (χ4n) is 5.02. The zero-order chi connectivity index (χ0) is 42.3. The minimum atomic E-state index is -4.66. The molecular formula is C46H78NO9P. The first-order chi connectivity index (χ1) is 27.4. The molecule has 326 valence electrons. The van der Waals surface area contributed by atoms with Crippen LogP contribution in [0.2, 0.25) is 0 Å². The summed E-state index contributed by atoms with van der Waals surface area (Å²) in [6.07, 6.45) is 43.8. The Morgan fingerprint density at radius 2 is 1.12 bits per heavy atom. The van der Waals surface area contributed by atoms with Crippen molar-refractivity contribution in [2.75, 3.05) is 47.5 Å². The van der Waals surface area contributed by atoms with Crippen molar-refractivity contribution in [2.24, 2.45) is 0 Å². The number of quaternary nitrogens is 1. The van der Waals surface area contributed by atoms with Crippen LogP contribution in [0.1, 0.15) is 136 Å². The quantitative estimate of drug-likeness (QED) is 0.0214. The first-order valence-electron chi connectivity index (χ1n) is 21.4. The highest BCUT2D eigenvalue weighted by molar-refractivity contribution is 7.45. The highest BCUT2D eigenvalue weighted by Crippen LogP contribution is 2.38. The van der Waals surface area contributed by atoms with Crippen molar-refractivity contribution in [2.45, 2.75) is 148 Å². The molecule has 0 radical (unpaired) electrons. The lowest BCUT2D eigenvalue weighted by atomic mass is 10.1. The van der Waals surface area contributed by atoms with Gasteiger partial charge in [-0.1, -0.05) is 125 Å². The largest absolute Gasteiger partial charge is 0.756 e. The van der Waals surface area contributed by atoms with Gasteiger partial charge in [0.05, 0.1) is 33.9 Å². The molecule has 3 atom stereocenters. The maximum absolute atomic E-state index is 12.6. The molecule has 0 aromatic rings. The number of rotatable bonds is 37. The Labute approximate surface area is 346 Å². The second kappa shape index (κ2) is 37.4. The Hall–Kier alpha value is -2.85. The molecule has 0 fully saturated rings. The van der Waals surface area contributed by atoms with E-state index in [0.717, 1.165) is 70.6 Å². The molecule has 0 aliphatic carbocycles. The van der Waals surface area contributed by atoms with Crippen LogP contribution in [0, 0.1) is 0 Å². The number of unbranched alkanes of at least 4 members (excludes halogenated alkanes) is 7. The maximum atomic E-state index is 12.6. The van der Waals surface area contributed by atoms with Crippen molar-refractivity contribution in [1.82, 2.24) is 0 Å². The summed E-state index contributed by atoms with van der Waals surface area (Å²) in [6, 6.07) is 0. The Kier molecular flexibility index (Phi) is 35.6. The van der Waals surface area contributed by atoms with Gasteiger partial charge in [0.15, 0.2) is 6.10 Å². The zero-order valence-corrected chi connectivity index (χ0v) is 37.0. The van der Waals surface area contributed by atoms with E-state index in [2.05, 4.69) is 74.6 Å². The first kappa shape index (κ1) is 54.2. The smallest absolute Gasteiger partial charge is 0.306 e. The predicted molar refractivity (Wildman–Crippen MR) is 232 cm³/mol.